The molecule has 2 unspecified atom stereocenters. The van der Waals surface area contributed by atoms with Gasteiger partial charge in [-0.3, -0.25) is 0 Å². The Kier molecular flexibility index (Phi) is 5.20. The number of benzene rings is 1. The van der Waals surface area contributed by atoms with Gasteiger partial charge in [-0.2, -0.15) is 0 Å². The van der Waals surface area contributed by atoms with E-state index in [1.165, 1.54) is 0 Å². The SMILES string of the molecule is CC(C)NS(=O)(=O)c1ccccc1C(C)C(C)Cl. The van der Waals surface area contributed by atoms with Crippen LogP contribution in [0.5, 0.6) is 0 Å². The molecule has 1 N–H and O–H groups in total. The maximum absolute atomic E-state index is 12.2. The van der Waals surface area contributed by atoms with Crippen LogP contribution in [0.1, 0.15) is 39.2 Å². The molecule has 0 saturated carbocycles. The first-order chi connectivity index (χ1) is 8.25. The molecule has 0 radical (unpaired) electrons. The van der Waals surface area contributed by atoms with Crippen LogP contribution in [0.2, 0.25) is 0 Å². The lowest BCUT2D eigenvalue weighted by Gasteiger charge is -2.19. The van der Waals surface area contributed by atoms with Gasteiger partial charge in [-0.1, -0.05) is 25.1 Å². The number of alkyl halides is 1. The molecule has 0 aromatic heterocycles. The molecule has 5 heteroatoms. The largest absolute Gasteiger partial charge is 0.241 e. The fourth-order valence-corrected chi connectivity index (χ4v) is 3.43. The van der Waals surface area contributed by atoms with E-state index in [4.69, 9.17) is 11.6 Å². The third-order valence-corrected chi connectivity index (χ3v) is 4.89. The van der Waals surface area contributed by atoms with Crippen LogP contribution in [0, 0.1) is 0 Å². The third kappa shape index (κ3) is 3.70. The minimum Gasteiger partial charge on any atom is -0.209 e. The first-order valence-corrected chi connectivity index (χ1v) is 7.93. The van der Waals surface area contributed by atoms with Gasteiger partial charge in [-0.15, -0.1) is 11.6 Å². The monoisotopic (exact) mass is 289 g/mol. The van der Waals surface area contributed by atoms with Crippen LogP contribution in [-0.2, 0) is 10.0 Å². The molecular formula is C13H20ClNO2S. The second-order valence-corrected chi connectivity index (χ2v) is 7.15. The lowest BCUT2D eigenvalue weighted by atomic mass is 9.98. The molecule has 2 atom stereocenters. The molecule has 0 aliphatic carbocycles. The fraction of sp³-hybridized carbons (Fsp3) is 0.538. The van der Waals surface area contributed by atoms with Crippen molar-refractivity contribution < 1.29 is 8.42 Å². The Morgan fingerprint density at radius 3 is 2.17 bits per heavy atom. The van der Waals surface area contributed by atoms with Gasteiger partial charge in [0.25, 0.3) is 0 Å². The van der Waals surface area contributed by atoms with Crippen LogP contribution in [-0.4, -0.2) is 19.8 Å². The topological polar surface area (TPSA) is 46.2 Å². The van der Waals surface area contributed by atoms with Crippen LogP contribution in [0.15, 0.2) is 29.2 Å². The number of nitrogens with one attached hydrogen (secondary N) is 1. The van der Waals surface area contributed by atoms with E-state index >= 15 is 0 Å². The second-order valence-electron chi connectivity index (χ2n) is 4.78. The maximum Gasteiger partial charge on any atom is 0.241 e. The molecule has 102 valence electrons. The summed E-state index contributed by atoms with van der Waals surface area (Å²) in [4.78, 5) is 0.318. The molecule has 0 aliphatic heterocycles. The van der Waals surface area contributed by atoms with Crippen LogP contribution in [0.25, 0.3) is 0 Å². The summed E-state index contributed by atoms with van der Waals surface area (Å²) in [6.07, 6.45) is 0. The van der Waals surface area contributed by atoms with E-state index in [0.717, 1.165) is 5.56 Å². The molecule has 0 fully saturated rings. The summed E-state index contributed by atoms with van der Waals surface area (Å²) in [5.41, 5.74) is 0.758. The predicted octanol–water partition coefficient (Wildman–Crippen LogP) is 3.10. The summed E-state index contributed by atoms with van der Waals surface area (Å²) < 4.78 is 27.1. The van der Waals surface area contributed by atoms with E-state index in [2.05, 4.69) is 4.72 Å². The lowest BCUT2D eigenvalue weighted by Crippen LogP contribution is -2.31. The zero-order valence-corrected chi connectivity index (χ0v) is 12.7. The standard InChI is InChI=1S/C13H20ClNO2S/c1-9(2)15-18(16,17)13-8-6-5-7-12(13)10(3)11(4)14/h5-11,15H,1-4H3. The summed E-state index contributed by atoms with van der Waals surface area (Å²) in [5, 5.41) is -0.125. The summed E-state index contributed by atoms with van der Waals surface area (Å²) in [6.45, 7) is 7.40. The minimum absolute atomic E-state index is 0.0217. The number of rotatable bonds is 5. The Morgan fingerprint density at radius 1 is 1.11 bits per heavy atom. The van der Waals surface area contributed by atoms with Crippen molar-refractivity contribution >= 4 is 21.6 Å². The van der Waals surface area contributed by atoms with Crippen molar-refractivity contribution in [1.82, 2.24) is 4.72 Å². The summed E-state index contributed by atoms with van der Waals surface area (Å²) in [7, 11) is -3.48. The third-order valence-electron chi connectivity index (χ3n) is 2.78. The number of sulfonamides is 1. The average Bonchev–Trinajstić information content (AvgIpc) is 2.26. The van der Waals surface area contributed by atoms with Crippen LogP contribution >= 0.6 is 11.6 Å². The molecule has 3 nitrogen and oxygen atoms in total. The fourth-order valence-electron chi connectivity index (χ4n) is 1.72. The van der Waals surface area contributed by atoms with Gasteiger partial charge < -0.3 is 0 Å². The molecule has 18 heavy (non-hydrogen) atoms. The second kappa shape index (κ2) is 6.04. The van der Waals surface area contributed by atoms with Gasteiger partial charge >= 0.3 is 0 Å². The van der Waals surface area contributed by atoms with Crippen LogP contribution in [0.4, 0.5) is 0 Å². The van der Waals surface area contributed by atoms with E-state index in [9.17, 15) is 8.42 Å². The molecule has 1 rings (SSSR count). The Labute approximate surface area is 115 Å². The highest BCUT2D eigenvalue weighted by Crippen LogP contribution is 2.28. The van der Waals surface area contributed by atoms with Crippen molar-refractivity contribution in [3.8, 4) is 0 Å². The maximum atomic E-state index is 12.2. The quantitative estimate of drug-likeness (QED) is 0.847. The number of halogens is 1. The normalized spacial score (nSPS) is 15.7. The molecule has 0 saturated heterocycles. The van der Waals surface area contributed by atoms with Gasteiger partial charge in [0, 0.05) is 11.4 Å². The summed E-state index contributed by atoms with van der Waals surface area (Å²) in [5.74, 6) is -0.0217. The predicted molar refractivity (Wildman–Crippen MR) is 75.6 cm³/mol. The number of hydrogen-bond donors (Lipinski definition) is 1. The zero-order chi connectivity index (χ0) is 13.9. The average molecular weight is 290 g/mol. The number of hydrogen-bond acceptors (Lipinski definition) is 2. The highest BCUT2D eigenvalue weighted by molar-refractivity contribution is 7.89. The Morgan fingerprint density at radius 2 is 1.67 bits per heavy atom. The molecule has 1 aromatic carbocycles. The van der Waals surface area contributed by atoms with Gasteiger partial charge in [-0.05, 0) is 38.3 Å². The highest BCUT2D eigenvalue weighted by Gasteiger charge is 2.23. The van der Waals surface area contributed by atoms with Gasteiger partial charge in [-0.25, -0.2) is 13.1 Å². The lowest BCUT2D eigenvalue weighted by molar-refractivity contribution is 0.566. The minimum atomic E-state index is -3.48. The summed E-state index contributed by atoms with van der Waals surface area (Å²) >= 11 is 6.08. The van der Waals surface area contributed by atoms with Crippen molar-refractivity contribution in [1.29, 1.82) is 0 Å². The van der Waals surface area contributed by atoms with E-state index in [1.807, 2.05) is 26.0 Å². The molecule has 1 aromatic rings. The van der Waals surface area contributed by atoms with Crippen molar-refractivity contribution in [3.63, 3.8) is 0 Å². The van der Waals surface area contributed by atoms with E-state index in [1.54, 1.807) is 26.0 Å². The van der Waals surface area contributed by atoms with E-state index < -0.39 is 10.0 Å². The Hall–Kier alpha value is -0.580. The molecule has 0 aliphatic rings. The summed E-state index contributed by atoms with van der Waals surface area (Å²) in [6, 6.07) is 6.87. The Bertz CT molecular complexity index is 497. The molecule has 0 bridgehead atoms. The first-order valence-electron chi connectivity index (χ1n) is 6.01. The van der Waals surface area contributed by atoms with E-state index in [-0.39, 0.29) is 17.3 Å². The molecule has 0 amide bonds. The van der Waals surface area contributed by atoms with Gasteiger partial charge in [0.2, 0.25) is 10.0 Å². The molecular weight excluding hydrogens is 270 g/mol. The van der Waals surface area contributed by atoms with E-state index in [0.29, 0.717) is 4.90 Å². The van der Waals surface area contributed by atoms with Gasteiger partial charge in [0.05, 0.1) is 4.90 Å². The van der Waals surface area contributed by atoms with Crippen molar-refractivity contribution in [2.45, 2.75) is 49.9 Å². The Balaban J connectivity index is 3.25. The van der Waals surface area contributed by atoms with Crippen molar-refractivity contribution in [2.75, 3.05) is 0 Å². The van der Waals surface area contributed by atoms with Crippen molar-refractivity contribution in [3.05, 3.63) is 29.8 Å². The van der Waals surface area contributed by atoms with Crippen LogP contribution in [0.3, 0.4) is 0 Å². The molecule has 0 heterocycles. The van der Waals surface area contributed by atoms with Gasteiger partial charge in [0.15, 0.2) is 0 Å². The van der Waals surface area contributed by atoms with Gasteiger partial charge in [0.1, 0.15) is 0 Å². The molecule has 0 spiro atoms. The zero-order valence-electron chi connectivity index (χ0n) is 11.1. The first kappa shape index (κ1) is 15.5. The smallest absolute Gasteiger partial charge is 0.209 e. The van der Waals surface area contributed by atoms with Crippen molar-refractivity contribution in [2.24, 2.45) is 0 Å². The van der Waals surface area contributed by atoms with Crippen LogP contribution < -0.4 is 4.72 Å². The highest BCUT2D eigenvalue weighted by atomic mass is 35.5.